The third-order valence-electron chi connectivity index (χ3n) is 3.85. The summed E-state index contributed by atoms with van der Waals surface area (Å²) < 4.78 is 42.5. The number of hydrogen-bond donors (Lipinski definition) is 2. The molecule has 0 aliphatic heterocycles. The van der Waals surface area contributed by atoms with Crippen LogP contribution < -0.4 is 10.2 Å². The highest BCUT2D eigenvalue weighted by Crippen LogP contribution is 2.30. The predicted octanol–water partition coefficient (Wildman–Crippen LogP) is 1.41. The molecule has 0 fully saturated rings. The molecule has 9 heteroatoms. The van der Waals surface area contributed by atoms with Crippen LogP contribution in [0.2, 0.25) is 0 Å². The molecular weight excluding hydrogens is 337 g/mol. The van der Waals surface area contributed by atoms with Crippen LogP contribution in [0.3, 0.4) is 0 Å². The van der Waals surface area contributed by atoms with E-state index < -0.39 is 17.6 Å². The summed E-state index contributed by atoms with van der Waals surface area (Å²) in [6, 6.07) is 4.33. The molecule has 0 aliphatic rings. The van der Waals surface area contributed by atoms with Gasteiger partial charge in [0.2, 0.25) is 5.82 Å². The molecule has 0 radical (unpaired) electrons. The zero-order valence-electron chi connectivity index (χ0n) is 14.0. The van der Waals surface area contributed by atoms with Crippen LogP contribution in [0.25, 0.3) is 11.4 Å². The van der Waals surface area contributed by atoms with Gasteiger partial charge in [-0.25, -0.2) is 0 Å². The van der Waals surface area contributed by atoms with E-state index in [0.717, 1.165) is 31.8 Å². The van der Waals surface area contributed by atoms with E-state index in [9.17, 15) is 18.0 Å². The molecule has 6 nitrogen and oxygen atoms in total. The Balaban J connectivity index is 1.98. The SMILES string of the molecule is CC[NH+](CC)CCNC(=O)c1nc(-c2ccc(C(F)(F)F)cc2)no1. The standard InChI is InChI=1S/C16H19F3N4O2/c1-3-23(4-2)10-9-20-14(24)15-21-13(22-25-15)11-5-7-12(8-6-11)16(17,18)19/h5-8H,3-4,9-10H2,1-2H3,(H,20,24)/p+1. The van der Waals surface area contributed by atoms with E-state index in [2.05, 4.69) is 29.3 Å². The van der Waals surface area contributed by atoms with Crippen molar-refractivity contribution in [3.05, 3.63) is 35.7 Å². The molecule has 1 amide bonds. The molecule has 2 N–H and O–H groups in total. The van der Waals surface area contributed by atoms with Crippen LogP contribution in [0.5, 0.6) is 0 Å². The Morgan fingerprint density at radius 1 is 1.20 bits per heavy atom. The van der Waals surface area contributed by atoms with Crippen LogP contribution >= 0.6 is 0 Å². The van der Waals surface area contributed by atoms with Gasteiger partial charge in [-0.1, -0.05) is 17.3 Å². The second-order valence-electron chi connectivity index (χ2n) is 5.46. The number of carbonyl (C=O) groups is 1. The second-order valence-corrected chi connectivity index (χ2v) is 5.46. The number of carbonyl (C=O) groups excluding carboxylic acids is 1. The third-order valence-corrected chi connectivity index (χ3v) is 3.85. The molecule has 2 aromatic rings. The quantitative estimate of drug-likeness (QED) is 0.786. The zero-order chi connectivity index (χ0) is 18.4. The van der Waals surface area contributed by atoms with E-state index in [1.165, 1.54) is 17.0 Å². The fraction of sp³-hybridized carbons (Fsp3) is 0.438. The fourth-order valence-corrected chi connectivity index (χ4v) is 2.27. The van der Waals surface area contributed by atoms with Gasteiger partial charge in [0.15, 0.2) is 0 Å². The van der Waals surface area contributed by atoms with Crippen molar-refractivity contribution < 1.29 is 27.4 Å². The normalized spacial score (nSPS) is 11.8. The van der Waals surface area contributed by atoms with Gasteiger partial charge in [0.25, 0.3) is 0 Å². The highest BCUT2D eigenvalue weighted by Gasteiger charge is 2.30. The third kappa shape index (κ3) is 5.02. The van der Waals surface area contributed by atoms with E-state index in [0.29, 0.717) is 12.1 Å². The number of aromatic nitrogens is 2. The molecule has 0 atom stereocenters. The zero-order valence-corrected chi connectivity index (χ0v) is 14.0. The number of nitrogens with one attached hydrogen (secondary N) is 2. The Labute approximate surface area is 143 Å². The molecule has 1 heterocycles. The van der Waals surface area contributed by atoms with Crippen LogP contribution in [0.4, 0.5) is 13.2 Å². The van der Waals surface area contributed by atoms with Gasteiger partial charge in [0, 0.05) is 5.56 Å². The van der Waals surface area contributed by atoms with Crippen molar-refractivity contribution in [2.75, 3.05) is 26.2 Å². The lowest BCUT2D eigenvalue weighted by Crippen LogP contribution is -3.12. The largest absolute Gasteiger partial charge is 0.416 e. The maximum absolute atomic E-state index is 12.6. The number of amides is 1. The number of quaternary nitrogens is 1. The summed E-state index contributed by atoms with van der Waals surface area (Å²) in [5, 5.41) is 6.33. The molecule has 136 valence electrons. The number of alkyl halides is 3. The summed E-state index contributed by atoms with van der Waals surface area (Å²) >= 11 is 0. The Hall–Kier alpha value is -2.42. The molecule has 0 unspecified atom stereocenters. The van der Waals surface area contributed by atoms with E-state index >= 15 is 0 Å². The number of halogens is 3. The topological polar surface area (TPSA) is 72.5 Å². The van der Waals surface area contributed by atoms with Crippen LogP contribution in [-0.4, -0.2) is 42.2 Å². The summed E-state index contributed by atoms with van der Waals surface area (Å²) in [5.41, 5.74) is -0.431. The molecule has 25 heavy (non-hydrogen) atoms. The first kappa shape index (κ1) is 18.9. The highest BCUT2D eigenvalue weighted by atomic mass is 19.4. The molecule has 0 spiro atoms. The average Bonchev–Trinajstić information content (AvgIpc) is 3.08. The van der Waals surface area contributed by atoms with Crippen molar-refractivity contribution in [3.8, 4) is 11.4 Å². The minimum atomic E-state index is -4.41. The molecular formula is C16H20F3N4O2+. The van der Waals surface area contributed by atoms with E-state index in [4.69, 9.17) is 4.52 Å². The van der Waals surface area contributed by atoms with E-state index in [1.807, 2.05) is 0 Å². The van der Waals surface area contributed by atoms with Crippen molar-refractivity contribution in [1.82, 2.24) is 15.5 Å². The number of benzene rings is 1. The molecule has 0 saturated heterocycles. The number of hydrogen-bond acceptors (Lipinski definition) is 4. The first-order valence-electron chi connectivity index (χ1n) is 7.98. The first-order chi connectivity index (χ1) is 11.8. The van der Waals surface area contributed by atoms with Gasteiger partial charge in [-0.05, 0) is 26.0 Å². The predicted molar refractivity (Wildman–Crippen MR) is 84.0 cm³/mol. The van der Waals surface area contributed by atoms with Gasteiger partial charge >= 0.3 is 18.0 Å². The average molecular weight is 357 g/mol. The van der Waals surface area contributed by atoms with E-state index in [-0.39, 0.29) is 11.7 Å². The van der Waals surface area contributed by atoms with Crippen LogP contribution in [0.1, 0.15) is 30.1 Å². The molecule has 0 aliphatic carbocycles. The van der Waals surface area contributed by atoms with Gasteiger partial charge in [-0.3, -0.25) is 4.79 Å². The minimum absolute atomic E-state index is 0.0632. The van der Waals surface area contributed by atoms with Gasteiger partial charge in [-0.2, -0.15) is 18.2 Å². The molecule has 0 saturated carbocycles. The van der Waals surface area contributed by atoms with Gasteiger partial charge < -0.3 is 14.7 Å². The minimum Gasteiger partial charge on any atom is -0.342 e. The Morgan fingerprint density at radius 2 is 1.84 bits per heavy atom. The molecule has 1 aromatic heterocycles. The molecule has 2 rings (SSSR count). The summed E-state index contributed by atoms with van der Waals surface area (Å²) in [6.45, 7) is 7.30. The van der Waals surface area contributed by atoms with Crippen LogP contribution in [-0.2, 0) is 6.18 Å². The lowest BCUT2D eigenvalue weighted by atomic mass is 10.1. The number of nitrogens with zero attached hydrogens (tertiary/aromatic N) is 2. The van der Waals surface area contributed by atoms with Crippen molar-refractivity contribution in [3.63, 3.8) is 0 Å². The second kappa shape index (κ2) is 8.11. The first-order valence-corrected chi connectivity index (χ1v) is 7.98. The maximum Gasteiger partial charge on any atom is 0.416 e. The van der Waals surface area contributed by atoms with Crippen LogP contribution in [0, 0.1) is 0 Å². The lowest BCUT2D eigenvalue weighted by Gasteiger charge is -2.14. The number of rotatable bonds is 7. The summed E-state index contributed by atoms with van der Waals surface area (Å²) in [5.74, 6) is -0.657. The fourth-order valence-electron chi connectivity index (χ4n) is 2.27. The summed E-state index contributed by atoms with van der Waals surface area (Å²) in [4.78, 5) is 17.2. The van der Waals surface area contributed by atoms with Crippen molar-refractivity contribution in [1.29, 1.82) is 0 Å². The van der Waals surface area contributed by atoms with Crippen LogP contribution in [0.15, 0.2) is 28.8 Å². The number of likely N-dealkylation sites (N-methyl/N-ethyl adjacent to an activating group) is 1. The maximum atomic E-state index is 12.6. The van der Waals surface area contributed by atoms with Gasteiger partial charge in [0.05, 0.1) is 31.7 Å². The van der Waals surface area contributed by atoms with Crippen molar-refractivity contribution >= 4 is 5.91 Å². The van der Waals surface area contributed by atoms with Crippen molar-refractivity contribution in [2.45, 2.75) is 20.0 Å². The smallest absolute Gasteiger partial charge is 0.342 e. The van der Waals surface area contributed by atoms with Gasteiger partial charge in [-0.15, -0.1) is 0 Å². The lowest BCUT2D eigenvalue weighted by molar-refractivity contribution is -0.895. The van der Waals surface area contributed by atoms with Gasteiger partial charge in [0.1, 0.15) is 0 Å². The molecule has 1 aromatic carbocycles. The van der Waals surface area contributed by atoms with Crippen molar-refractivity contribution in [2.24, 2.45) is 0 Å². The molecule has 0 bridgehead atoms. The van der Waals surface area contributed by atoms with E-state index in [1.54, 1.807) is 0 Å². The Kier molecular flexibility index (Phi) is 6.13. The Bertz CT molecular complexity index is 694. The highest BCUT2D eigenvalue weighted by molar-refractivity contribution is 5.89. The monoisotopic (exact) mass is 357 g/mol. The summed E-state index contributed by atoms with van der Waals surface area (Å²) in [7, 11) is 0. The Morgan fingerprint density at radius 3 is 2.40 bits per heavy atom. The summed E-state index contributed by atoms with van der Waals surface area (Å²) in [6.07, 6.45) is -4.41.